The van der Waals surface area contributed by atoms with Crippen molar-refractivity contribution in [1.82, 2.24) is 20.2 Å². The van der Waals surface area contributed by atoms with Crippen LogP contribution in [0, 0.1) is 0 Å². The predicted molar refractivity (Wildman–Crippen MR) is 113 cm³/mol. The second-order valence-electron chi connectivity index (χ2n) is 7.80. The molecule has 0 aliphatic heterocycles. The second-order valence-corrected chi connectivity index (χ2v) is 9.81. The van der Waals surface area contributed by atoms with Crippen molar-refractivity contribution in [3.8, 4) is 0 Å². The van der Waals surface area contributed by atoms with Gasteiger partial charge in [0.15, 0.2) is 0 Å². The molecule has 2 N–H and O–H groups in total. The molecule has 2 aliphatic rings. The lowest BCUT2D eigenvalue weighted by Crippen LogP contribution is -2.04. The van der Waals surface area contributed by atoms with E-state index in [1.807, 2.05) is 0 Å². The van der Waals surface area contributed by atoms with Crippen molar-refractivity contribution in [2.75, 3.05) is 5.73 Å². The Kier molecular flexibility index (Phi) is 5.24. The monoisotopic (exact) mass is 415 g/mol. The van der Waals surface area contributed by atoms with Gasteiger partial charge in [-0.15, -0.1) is 21.5 Å². The van der Waals surface area contributed by atoms with Gasteiger partial charge in [-0.3, -0.25) is 0 Å². The minimum Gasteiger partial charge on any atom is -0.416 e. The molecular weight excluding hydrogens is 390 g/mol. The van der Waals surface area contributed by atoms with Gasteiger partial charge in [-0.2, -0.15) is 0 Å². The normalized spacial score (nSPS) is 18.3. The zero-order chi connectivity index (χ0) is 18.9. The fourth-order valence-electron chi connectivity index (χ4n) is 4.39. The van der Waals surface area contributed by atoms with E-state index in [4.69, 9.17) is 15.1 Å². The van der Waals surface area contributed by atoms with E-state index in [-0.39, 0.29) is 0 Å². The molecule has 0 atom stereocenters. The first-order valence-corrected chi connectivity index (χ1v) is 12.1. The number of nitrogens with two attached hydrogens (primary N) is 1. The van der Waals surface area contributed by atoms with E-state index in [2.05, 4.69) is 15.2 Å². The number of thioether (sulfide) groups is 1. The van der Waals surface area contributed by atoms with E-state index in [0.717, 1.165) is 47.6 Å². The number of aromatic nitrogens is 4. The van der Waals surface area contributed by atoms with Gasteiger partial charge in [0.25, 0.3) is 5.22 Å². The van der Waals surface area contributed by atoms with Crippen molar-refractivity contribution in [3.63, 3.8) is 0 Å². The molecular formula is C20H25N5OS2. The van der Waals surface area contributed by atoms with Gasteiger partial charge in [0.05, 0.1) is 11.1 Å². The van der Waals surface area contributed by atoms with E-state index >= 15 is 0 Å². The number of rotatable bonds is 4. The summed E-state index contributed by atoms with van der Waals surface area (Å²) in [7, 11) is 0. The molecule has 0 saturated heterocycles. The minimum absolute atomic E-state index is 0.431. The molecule has 0 bridgehead atoms. The largest absolute Gasteiger partial charge is 0.416 e. The number of nitrogen functional groups attached to an aromatic ring is 1. The Morgan fingerprint density at radius 3 is 2.71 bits per heavy atom. The quantitative estimate of drug-likeness (QED) is 0.459. The maximum absolute atomic E-state index is 6.34. The van der Waals surface area contributed by atoms with Crippen molar-refractivity contribution in [2.45, 2.75) is 81.1 Å². The van der Waals surface area contributed by atoms with Gasteiger partial charge in [0, 0.05) is 10.8 Å². The number of thiophene rings is 1. The van der Waals surface area contributed by atoms with Gasteiger partial charge >= 0.3 is 0 Å². The summed E-state index contributed by atoms with van der Waals surface area (Å²) in [6.45, 7) is 0. The van der Waals surface area contributed by atoms with E-state index < -0.39 is 0 Å². The highest BCUT2D eigenvalue weighted by Crippen LogP contribution is 2.38. The number of aryl methyl sites for hydroxylation is 2. The molecule has 0 spiro atoms. The Labute approximate surface area is 172 Å². The van der Waals surface area contributed by atoms with E-state index in [1.54, 1.807) is 11.3 Å². The van der Waals surface area contributed by atoms with Crippen molar-refractivity contribution in [3.05, 3.63) is 22.2 Å². The molecule has 1 saturated carbocycles. The lowest BCUT2D eigenvalue weighted by Gasteiger charge is -2.17. The van der Waals surface area contributed by atoms with Crippen molar-refractivity contribution in [1.29, 1.82) is 0 Å². The molecule has 148 valence electrons. The summed E-state index contributed by atoms with van der Waals surface area (Å²) in [6, 6.07) is 0. The number of nitrogens with zero attached hydrogens (tertiary/aromatic N) is 4. The highest BCUT2D eigenvalue weighted by Gasteiger charge is 2.22. The van der Waals surface area contributed by atoms with Crippen LogP contribution in [0.3, 0.4) is 0 Å². The third-order valence-corrected chi connectivity index (χ3v) is 7.84. The molecule has 6 nitrogen and oxygen atoms in total. The van der Waals surface area contributed by atoms with Gasteiger partial charge in [-0.1, -0.05) is 37.4 Å². The molecule has 8 heteroatoms. The van der Waals surface area contributed by atoms with Gasteiger partial charge in [0.1, 0.15) is 16.5 Å². The first kappa shape index (κ1) is 18.4. The molecule has 2 aliphatic carbocycles. The van der Waals surface area contributed by atoms with Crippen LogP contribution in [-0.4, -0.2) is 20.2 Å². The fourth-order valence-corrected chi connectivity index (χ4v) is 6.30. The minimum atomic E-state index is 0.431. The van der Waals surface area contributed by atoms with Crippen LogP contribution in [-0.2, 0) is 18.6 Å². The Hall–Kier alpha value is -1.67. The second kappa shape index (κ2) is 7.99. The number of hydrogen-bond donors (Lipinski definition) is 1. The van der Waals surface area contributed by atoms with Crippen LogP contribution >= 0.6 is 23.1 Å². The summed E-state index contributed by atoms with van der Waals surface area (Å²) in [5, 5.41) is 10.2. The topological polar surface area (TPSA) is 90.7 Å². The van der Waals surface area contributed by atoms with Crippen molar-refractivity contribution < 1.29 is 4.42 Å². The molecule has 3 aromatic rings. The van der Waals surface area contributed by atoms with Crippen LogP contribution in [0.25, 0.3) is 10.2 Å². The Morgan fingerprint density at radius 1 is 1.00 bits per heavy atom. The molecule has 0 amide bonds. The molecule has 0 aromatic carbocycles. The lowest BCUT2D eigenvalue weighted by molar-refractivity contribution is 0.334. The van der Waals surface area contributed by atoms with Crippen LogP contribution in [0.4, 0.5) is 5.82 Å². The number of fused-ring (bicyclic) bond motifs is 3. The van der Waals surface area contributed by atoms with Gasteiger partial charge in [-0.25, -0.2) is 9.97 Å². The summed E-state index contributed by atoms with van der Waals surface area (Å²) in [5.74, 6) is 3.17. The van der Waals surface area contributed by atoms with E-state index in [0.29, 0.717) is 22.7 Å². The van der Waals surface area contributed by atoms with Gasteiger partial charge in [0.2, 0.25) is 5.89 Å². The van der Waals surface area contributed by atoms with Crippen LogP contribution in [0.2, 0.25) is 0 Å². The van der Waals surface area contributed by atoms with Crippen LogP contribution in [0.5, 0.6) is 0 Å². The molecule has 0 radical (unpaired) electrons. The molecule has 5 rings (SSSR count). The predicted octanol–water partition coefficient (Wildman–Crippen LogP) is 5.27. The smallest absolute Gasteiger partial charge is 0.277 e. The first-order valence-electron chi connectivity index (χ1n) is 10.3. The highest BCUT2D eigenvalue weighted by molar-refractivity contribution is 7.98. The molecule has 3 heterocycles. The third-order valence-electron chi connectivity index (χ3n) is 5.84. The Bertz CT molecular complexity index is 977. The van der Waals surface area contributed by atoms with Crippen molar-refractivity contribution in [2.24, 2.45) is 0 Å². The molecule has 3 aromatic heterocycles. The Balaban J connectivity index is 1.32. The van der Waals surface area contributed by atoms with Gasteiger partial charge in [-0.05, 0) is 44.1 Å². The SMILES string of the molecule is Nc1nc(CSc2nnc(C3CCCCC3)o2)nc2sc3c(c12)CCCCC3. The fraction of sp³-hybridized carbons (Fsp3) is 0.600. The average molecular weight is 416 g/mol. The number of hydrogen-bond acceptors (Lipinski definition) is 8. The number of anilines is 1. The first-order chi connectivity index (χ1) is 13.8. The molecule has 0 unspecified atom stereocenters. The third kappa shape index (κ3) is 3.64. The highest BCUT2D eigenvalue weighted by atomic mass is 32.2. The van der Waals surface area contributed by atoms with Crippen LogP contribution < -0.4 is 5.73 Å². The van der Waals surface area contributed by atoms with Crippen molar-refractivity contribution >= 4 is 39.1 Å². The van der Waals surface area contributed by atoms with E-state index in [9.17, 15) is 0 Å². The van der Waals surface area contributed by atoms with Crippen LogP contribution in [0.15, 0.2) is 9.64 Å². The summed E-state index contributed by atoms with van der Waals surface area (Å²) < 4.78 is 5.90. The summed E-state index contributed by atoms with van der Waals surface area (Å²) >= 11 is 3.29. The molecule has 28 heavy (non-hydrogen) atoms. The maximum Gasteiger partial charge on any atom is 0.277 e. The standard InChI is InChI=1S/C20H25N5OS2/c21-17-16-13-9-5-2-6-10-14(13)28-19(16)23-15(22-17)11-27-20-25-24-18(26-20)12-7-3-1-4-8-12/h12H,1-11H2,(H2,21,22,23). The Morgan fingerprint density at radius 2 is 1.82 bits per heavy atom. The zero-order valence-electron chi connectivity index (χ0n) is 15.9. The van der Waals surface area contributed by atoms with E-state index in [1.165, 1.54) is 60.7 Å². The average Bonchev–Trinajstić information content (AvgIpc) is 3.26. The maximum atomic E-state index is 6.34. The summed E-state index contributed by atoms with van der Waals surface area (Å²) in [6.07, 6.45) is 12.2. The summed E-state index contributed by atoms with van der Waals surface area (Å²) in [4.78, 5) is 11.9. The lowest BCUT2D eigenvalue weighted by atomic mass is 9.89. The summed E-state index contributed by atoms with van der Waals surface area (Å²) in [5.41, 5.74) is 7.73. The van der Waals surface area contributed by atoms with Gasteiger partial charge < -0.3 is 10.2 Å². The molecule has 1 fully saturated rings. The zero-order valence-corrected chi connectivity index (χ0v) is 17.6. The van der Waals surface area contributed by atoms with Crippen LogP contribution in [0.1, 0.15) is 79.4 Å².